The van der Waals surface area contributed by atoms with Crippen LogP contribution in [0.5, 0.6) is 0 Å². The molecule has 1 fully saturated rings. The minimum absolute atomic E-state index is 0.125. The summed E-state index contributed by atoms with van der Waals surface area (Å²) in [5, 5.41) is 2.97. The Hall–Kier alpha value is -1.39. The molecule has 0 unspecified atom stereocenters. The van der Waals surface area contributed by atoms with Crippen molar-refractivity contribution in [3.63, 3.8) is 0 Å². The first-order chi connectivity index (χ1) is 9.78. The van der Waals surface area contributed by atoms with Crippen molar-refractivity contribution in [1.82, 2.24) is 5.32 Å². The first kappa shape index (κ1) is 13.6. The molecule has 0 radical (unpaired) electrons. The summed E-state index contributed by atoms with van der Waals surface area (Å²) in [5.74, 6) is 0.125. The summed E-state index contributed by atoms with van der Waals surface area (Å²) < 4.78 is -0.456. The summed E-state index contributed by atoms with van der Waals surface area (Å²) in [7, 11) is 0. The molecular weight excluding hydrogens is 286 g/mol. The highest BCUT2D eigenvalue weighted by Crippen LogP contribution is 2.49. The van der Waals surface area contributed by atoms with E-state index in [0.717, 1.165) is 22.8 Å². The van der Waals surface area contributed by atoms with Crippen LogP contribution in [-0.2, 0) is 4.79 Å². The maximum absolute atomic E-state index is 12.4. The fraction of sp³-hybridized carbons (Fsp3) is 0.188. The largest absolute Gasteiger partial charge is 0.354 e. The Kier molecular flexibility index (Phi) is 4.03. The summed E-state index contributed by atoms with van der Waals surface area (Å²) in [6.45, 7) is 0.749. The number of nitrogens with one attached hydrogen (secondary N) is 1. The highest BCUT2D eigenvalue weighted by molar-refractivity contribution is 8.19. The van der Waals surface area contributed by atoms with Crippen LogP contribution in [0.3, 0.4) is 0 Å². The highest BCUT2D eigenvalue weighted by Gasteiger charge is 2.44. The number of carbonyl (C=O) groups is 1. The van der Waals surface area contributed by atoms with Gasteiger partial charge in [0.25, 0.3) is 0 Å². The Morgan fingerprint density at radius 3 is 1.75 bits per heavy atom. The van der Waals surface area contributed by atoms with Gasteiger partial charge in [-0.1, -0.05) is 59.9 Å². The lowest BCUT2D eigenvalue weighted by atomic mass is 10.3. The topological polar surface area (TPSA) is 29.1 Å². The zero-order chi connectivity index (χ0) is 13.8. The molecule has 0 spiro atoms. The fourth-order valence-electron chi connectivity index (χ4n) is 2.16. The molecule has 0 bridgehead atoms. The van der Waals surface area contributed by atoms with Crippen molar-refractivity contribution in [3.05, 3.63) is 60.7 Å². The molecular formula is C16H15NOS2. The van der Waals surface area contributed by atoms with Crippen LogP contribution in [0.4, 0.5) is 0 Å². The highest BCUT2D eigenvalue weighted by atomic mass is 32.2. The summed E-state index contributed by atoms with van der Waals surface area (Å²) in [5.41, 5.74) is 0. The third-order valence-electron chi connectivity index (χ3n) is 3.14. The second kappa shape index (κ2) is 5.94. The molecule has 1 N–H and O–H groups in total. The quantitative estimate of drug-likeness (QED) is 0.871. The zero-order valence-corrected chi connectivity index (χ0v) is 12.5. The third-order valence-corrected chi connectivity index (χ3v) is 6.09. The van der Waals surface area contributed by atoms with Gasteiger partial charge in [-0.25, -0.2) is 0 Å². The number of hydrogen-bond acceptors (Lipinski definition) is 3. The van der Waals surface area contributed by atoms with Gasteiger partial charge in [0.15, 0.2) is 4.08 Å². The number of rotatable bonds is 4. The van der Waals surface area contributed by atoms with Gasteiger partial charge in [-0.3, -0.25) is 4.79 Å². The molecule has 2 aromatic carbocycles. The van der Waals surface area contributed by atoms with E-state index >= 15 is 0 Å². The predicted octanol–water partition coefficient (Wildman–Crippen LogP) is 3.79. The van der Waals surface area contributed by atoms with Gasteiger partial charge in [0.05, 0.1) is 0 Å². The molecule has 1 saturated heterocycles. The van der Waals surface area contributed by atoms with E-state index in [4.69, 9.17) is 0 Å². The van der Waals surface area contributed by atoms with Gasteiger partial charge in [-0.2, -0.15) is 0 Å². The summed E-state index contributed by atoms with van der Waals surface area (Å²) in [4.78, 5) is 14.6. The predicted molar refractivity (Wildman–Crippen MR) is 85.0 cm³/mol. The van der Waals surface area contributed by atoms with Crippen LogP contribution in [0, 0.1) is 0 Å². The first-order valence-corrected chi connectivity index (χ1v) is 8.18. The maximum Gasteiger partial charge on any atom is 0.247 e. The minimum Gasteiger partial charge on any atom is -0.354 e. The van der Waals surface area contributed by atoms with Gasteiger partial charge < -0.3 is 5.32 Å². The van der Waals surface area contributed by atoms with Crippen LogP contribution >= 0.6 is 23.5 Å². The third kappa shape index (κ3) is 2.86. The van der Waals surface area contributed by atoms with Crippen molar-refractivity contribution in [2.45, 2.75) is 20.3 Å². The van der Waals surface area contributed by atoms with Gasteiger partial charge in [-0.05, 0) is 30.7 Å². The molecule has 2 nitrogen and oxygen atoms in total. The molecule has 0 aromatic heterocycles. The molecule has 1 aliphatic heterocycles. The molecule has 3 rings (SSSR count). The number of hydrogen-bond donors (Lipinski definition) is 1. The lowest BCUT2D eigenvalue weighted by Crippen LogP contribution is -2.31. The van der Waals surface area contributed by atoms with Crippen LogP contribution in [0.25, 0.3) is 0 Å². The Labute approximate surface area is 127 Å². The molecule has 1 aliphatic rings. The zero-order valence-electron chi connectivity index (χ0n) is 10.9. The number of amides is 1. The van der Waals surface area contributed by atoms with Crippen LogP contribution in [0.2, 0.25) is 0 Å². The van der Waals surface area contributed by atoms with E-state index in [9.17, 15) is 4.79 Å². The van der Waals surface area contributed by atoms with E-state index in [2.05, 4.69) is 29.6 Å². The van der Waals surface area contributed by atoms with Crippen LogP contribution < -0.4 is 5.32 Å². The standard InChI is InChI=1S/C16H15NOS2/c18-15-16(11-12-17-15,19-13-7-3-1-4-8-13)20-14-9-5-2-6-10-14/h1-10H,11-12H2,(H,17,18). The Morgan fingerprint density at radius 2 is 1.35 bits per heavy atom. The van der Waals surface area contributed by atoms with Crippen LogP contribution in [0.15, 0.2) is 70.5 Å². The van der Waals surface area contributed by atoms with E-state index < -0.39 is 4.08 Å². The molecule has 0 aliphatic carbocycles. The minimum atomic E-state index is -0.456. The fourth-order valence-corrected chi connectivity index (χ4v) is 4.99. The summed E-state index contributed by atoms with van der Waals surface area (Å²) in [6, 6.07) is 20.3. The summed E-state index contributed by atoms with van der Waals surface area (Å²) in [6.07, 6.45) is 0.838. The lowest BCUT2D eigenvalue weighted by Gasteiger charge is -2.24. The van der Waals surface area contributed by atoms with Gasteiger partial charge in [0, 0.05) is 16.3 Å². The molecule has 4 heteroatoms. The first-order valence-electron chi connectivity index (χ1n) is 6.55. The van der Waals surface area contributed by atoms with Gasteiger partial charge in [0.2, 0.25) is 5.91 Å². The molecule has 0 atom stereocenters. The number of benzene rings is 2. The van der Waals surface area contributed by atoms with E-state index in [0.29, 0.717) is 0 Å². The van der Waals surface area contributed by atoms with Gasteiger partial charge in [0.1, 0.15) is 0 Å². The molecule has 2 aromatic rings. The molecule has 1 heterocycles. The van der Waals surface area contributed by atoms with Crippen molar-refractivity contribution in [2.24, 2.45) is 0 Å². The Bertz CT molecular complexity index is 544. The van der Waals surface area contributed by atoms with E-state index in [1.807, 2.05) is 36.4 Å². The molecule has 102 valence electrons. The van der Waals surface area contributed by atoms with Crippen molar-refractivity contribution in [1.29, 1.82) is 0 Å². The monoisotopic (exact) mass is 301 g/mol. The normalized spacial score (nSPS) is 16.9. The SMILES string of the molecule is O=C1NCCC1(Sc1ccccc1)Sc1ccccc1. The maximum atomic E-state index is 12.4. The van der Waals surface area contributed by atoms with Crippen molar-refractivity contribution in [3.8, 4) is 0 Å². The smallest absolute Gasteiger partial charge is 0.247 e. The van der Waals surface area contributed by atoms with E-state index in [-0.39, 0.29) is 5.91 Å². The number of carbonyl (C=O) groups excluding carboxylic acids is 1. The molecule has 20 heavy (non-hydrogen) atoms. The summed E-state index contributed by atoms with van der Waals surface area (Å²) >= 11 is 3.31. The van der Waals surface area contributed by atoms with Crippen LogP contribution in [0.1, 0.15) is 6.42 Å². The van der Waals surface area contributed by atoms with Crippen molar-refractivity contribution < 1.29 is 4.79 Å². The van der Waals surface area contributed by atoms with Gasteiger partial charge >= 0.3 is 0 Å². The van der Waals surface area contributed by atoms with E-state index in [1.54, 1.807) is 23.5 Å². The van der Waals surface area contributed by atoms with Crippen molar-refractivity contribution in [2.75, 3.05) is 6.54 Å². The van der Waals surface area contributed by atoms with Crippen LogP contribution in [-0.4, -0.2) is 16.5 Å². The van der Waals surface area contributed by atoms with Gasteiger partial charge in [-0.15, -0.1) is 0 Å². The number of thioether (sulfide) groups is 2. The average molecular weight is 301 g/mol. The van der Waals surface area contributed by atoms with E-state index in [1.165, 1.54) is 0 Å². The average Bonchev–Trinajstić information content (AvgIpc) is 2.82. The molecule has 0 saturated carbocycles. The van der Waals surface area contributed by atoms with Crippen molar-refractivity contribution >= 4 is 29.4 Å². The second-order valence-corrected chi connectivity index (χ2v) is 7.59. The molecule has 1 amide bonds. The Morgan fingerprint density at radius 1 is 0.850 bits per heavy atom. The Balaban J connectivity index is 1.87. The second-order valence-electron chi connectivity index (χ2n) is 4.59. The lowest BCUT2D eigenvalue weighted by molar-refractivity contribution is -0.119.